The van der Waals surface area contributed by atoms with Gasteiger partial charge in [-0.25, -0.2) is 0 Å². The normalized spacial score (nSPS) is 13.9. The van der Waals surface area contributed by atoms with Gasteiger partial charge in [0.05, 0.1) is 17.5 Å². The molecule has 2 N–H and O–H groups in total. The van der Waals surface area contributed by atoms with E-state index in [1.54, 1.807) is 0 Å². The number of hydrogen-bond donors (Lipinski definition) is 2. The Kier molecular flexibility index (Phi) is 6.80. The molecule has 2 rings (SSSR count). The van der Waals surface area contributed by atoms with Gasteiger partial charge in [-0.15, -0.1) is 0 Å². The quantitative estimate of drug-likeness (QED) is 0.418. The Balaban J connectivity index is 2.43. The lowest BCUT2D eigenvalue weighted by Crippen LogP contribution is -2.29. The van der Waals surface area contributed by atoms with Crippen molar-refractivity contribution in [3.8, 4) is 11.5 Å². The van der Waals surface area contributed by atoms with E-state index in [0.29, 0.717) is 0 Å². The van der Waals surface area contributed by atoms with Gasteiger partial charge in [-0.05, 0) is 52.8 Å². The number of benzene rings is 1. The van der Waals surface area contributed by atoms with Crippen LogP contribution in [0.1, 0.15) is 68.2 Å². The Hall–Kier alpha value is -3.15. The van der Waals surface area contributed by atoms with E-state index in [1.165, 1.54) is 0 Å². The van der Waals surface area contributed by atoms with E-state index in [-0.39, 0.29) is 35.3 Å². The summed E-state index contributed by atoms with van der Waals surface area (Å²) in [7, 11) is 0. The molecule has 0 unspecified atom stereocenters. The molecular weight excluding hydrogens is 372 g/mol. The van der Waals surface area contributed by atoms with Gasteiger partial charge in [0.2, 0.25) is 0 Å². The Bertz CT molecular complexity index is 954. The number of ether oxygens (including phenoxy) is 1. The number of rotatable bonds is 6. The molecular formula is C23H26O6. The fourth-order valence-corrected chi connectivity index (χ4v) is 2.90. The predicted molar refractivity (Wildman–Crippen MR) is 109 cm³/mol. The number of carbonyl (C=O) groups excluding carboxylic acids is 3. The number of aromatic hydroxyl groups is 2. The summed E-state index contributed by atoms with van der Waals surface area (Å²) >= 11 is 0. The number of fused-ring (bicyclic) bond motifs is 1. The summed E-state index contributed by atoms with van der Waals surface area (Å²) in [5.74, 6) is -2.57. The molecule has 0 aliphatic heterocycles. The third-order valence-corrected chi connectivity index (χ3v) is 4.81. The summed E-state index contributed by atoms with van der Waals surface area (Å²) in [6.45, 7) is 9.34. The topological polar surface area (TPSA) is 101 Å². The van der Waals surface area contributed by atoms with Gasteiger partial charge in [0.15, 0.2) is 11.6 Å². The summed E-state index contributed by atoms with van der Waals surface area (Å²) in [5.41, 5.74) is 2.29. The van der Waals surface area contributed by atoms with Crippen LogP contribution in [0.2, 0.25) is 0 Å². The first kappa shape index (κ1) is 22.1. The molecule has 154 valence electrons. The Labute approximate surface area is 170 Å². The molecule has 0 amide bonds. The highest BCUT2D eigenvalue weighted by atomic mass is 16.5. The summed E-state index contributed by atoms with van der Waals surface area (Å²) in [4.78, 5) is 38.0. The zero-order valence-corrected chi connectivity index (χ0v) is 17.3. The monoisotopic (exact) mass is 398 g/mol. The van der Waals surface area contributed by atoms with Crippen LogP contribution in [0.4, 0.5) is 0 Å². The molecule has 0 saturated heterocycles. The van der Waals surface area contributed by atoms with Gasteiger partial charge in [-0.3, -0.25) is 14.4 Å². The van der Waals surface area contributed by atoms with Crippen molar-refractivity contribution in [2.45, 2.75) is 53.6 Å². The van der Waals surface area contributed by atoms with Gasteiger partial charge < -0.3 is 14.9 Å². The number of allylic oxidation sites excluding steroid dienone is 3. The molecule has 6 heteroatoms. The molecule has 1 aliphatic carbocycles. The van der Waals surface area contributed by atoms with E-state index in [9.17, 15) is 24.6 Å². The summed E-state index contributed by atoms with van der Waals surface area (Å²) in [6, 6.07) is 2.30. The molecule has 0 heterocycles. The SMILES string of the molecule is CC(C)=CC[C@@H](OC(=O)CC(C)=C(C)C)C1=CC(=O)c2c(O)ccc(O)c2C1=O. The minimum atomic E-state index is -0.978. The van der Waals surface area contributed by atoms with Crippen LogP contribution in [0.3, 0.4) is 0 Å². The van der Waals surface area contributed by atoms with Crippen LogP contribution in [0.5, 0.6) is 11.5 Å². The molecule has 0 saturated carbocycles. The number of phenols is 2. The second kappa shape index (κ2) is 8.90. The fraction of sp³-hybridized carbons (Fsp3) is 0.348. The third-order valence-electron chi connectivity index (χ3n) is 4.81. The van der Waals surface area contributed by atoms with E-state index < -0.39 is 29.4 Å². The molecule has 0 bridgehead atoms. The lowest BCUT2D eigenvalue weighted by Gasteiger charge is -2.23. The van der Waals surface area contributed by atoms with E-state index in [1.807, 2.05) is 40.7 Å². The molecule has 1 aromatic rings. The molecule has 0 fully saturated rings. The molecule has 1 atom stereocenters. The van der Waals surface area contributed by atoms with E-state index >= 15 is 0 Å². The van der Waals surface area contributed by atoms with Crippen molar-refractivity contribution >= 4 is 17.5 Å². The molecule has 0 spiro atoms. The molecule has 0 radical (unpaired) electrons. The first-order valence-electron chi connectivity index (χ1n) is 9.34. The van der Waals surface area contributed by atoms with E-state index in [4.69, 9.17) is 4.74 Å². The van der Waals surface area contributed by atoms with Crippen LogP contribution in [-0.2, 0) is 9.53 Å². The molecule has 0 aromatic heterocycles. The number of carbonyl (C=O) groups is 3. The van der Waals surface area contributed by atoms with Gasteiger partial charge in [0.1, 0.15) is 17.6 Å². The Morgan fingerprint density at radius 1 is 1.03 bits per heavy atom. The Morgan fingerprint density at radius 3 is 2.17 bits per heavy atom. The van der Waals surface area contributed by atoms with Crippen LogP contribution in [-0.4, -0.2) is 33.9 Å². The maximum absolute atomic E-state index is 13.0. The average Bonchev–Trinajstić information content (AvgIpc) is 2.63. The van der Waals surface area contributed by atoms with Crippen molar-refractivity contribution < 1.29 is 29.3 Å². The van der Waals surface area contributed by atoms with Crippen molar-refractivity contribution in [3.05, 3.63) is 57.7 Å². The molecule has 29 heavy (non-hydrogen) atoms. The summed E-state index contributed by atoms with van der Waals surface area (Å²) < 4.78 is 5.56. The van der Waals surface area contributed by atoms with Gasteiger partial charge >= 0.3 is 5.97 Å². The smallest absolute Gasteiger partial charge is 0.310 e. The lowest BCUT2D eigenvalue weighted by atomic mass is 9.85. The standard InChI is InChI=1S/C23H26O6/c1-12(2)6-9-19(29-20(27)10-14(5)13(3)4)15-11-18(26)21-16(24)7-8-17(25)22(21)23(15)28/h6-8,11,19,24-25H,9-10H2,1-5H3/t19-/m1/s1. The number of hydrogen-bond acceptors (Lipinski definition) is 6. The second-order valence-corrected chi connectivity index (χ2v) is 7.60. The maximum atomic E-state index is 13.0. The Morgan fingerprint density at radius 2 is 1.62 bits per heavy atom. The van der Waals surface area contributed by atoms with Crippen LogP contribution < -0.4 is 0 Å². The van der Waals surface area contributed by atoms with Gasteiger partial charge in [0.25, 0.3) is 0 Å². The third kappa shape index (κ3) is 5.02. The van der Waals surface area contributed by atoms with E-state index in [0.717, 1.165) is 34.9 Å². The number of esters is 1. The highest BCUT2D eigenvalue weighted by Crippen LogP contribution is 2.36. The highest BCUT2D eigenvalue weighted by molar-refractivity contribution is 6.27. The van der Waals surface area contributed by atoms with Crippen molar-refractivity contribution in [3.63, 3.8) is 0 Å². The van der Waals surface area contributed by atoms with Crippen molar-refractivity contribution in [1.82, 2.24) is 0 Å². The van der Waals surface area contributed by atoms with E-state index in [2.05, 4.69) is 0 Å². The molecule has 1 aromatic carbocycles. The fourth-order valence-electron chi connectivity index (χ4n) is 2.90. The van der Waals surface area contributed by atoms with Crippen LogP contribution in [0.25, 0.3) is 0 Å². The molecule has 6 nitrogen and oxygen atoms in total. The average molecular weight is 398 g/mol. The summed E-state index contributed by atoms with van der Waals surface area (Å²) in [6.07, 6.45) is 2.19. The predicted octanol–water partition coefficient (Wildman–Crippen LogP) is 4.42. The largest absolute Gasteiger partial charge is 0.507 e. The first-order chi connectivity index (χ1) is 13.5. The van der Waals surface area contributed by atoms with Crippen molar-refractivity contribution in [1.29, 1.82) is 0 Å². The zero-order valence-electron chi connectivity index (χ0n) is 17.3. The number of ketones is 2. The number of phenolic OH excluding ortho intramolecular Hbond substituents is 2. The van der Waals surface area contributed by atoms with Crippen molar-refractivity contribution in [2.75, 3.05) is 0 Å². The first-order valence-corrected chi connectivity index (χ1v) is 9.34. The zero-order chi connectivity index (χ0) is 21.9. The van der Waals surface area contributed by atoms with Gasteiger partial charge in [0, 0.05) is 12.0 Å². The van der Waals surface area contributed by atoms with Crippen LogP contribution >= 0.6 is 0 Å². The number of Topliss-reactive ketones (excluding diaryl/α,β-unsaturated/α-hetero) is 1. The van der Waals surface area contributed by atoms with Crippen LogP contribution in [0.15, 0.2) is 46.6 Å². The minimum Gasteiger partial charge on any atom is -0.507 e. The second-order valence-electron chi connectivity index (χ2n) is 7.60. The summed E-state index contributed by atoms with van der Waals surface area (Å²) in [5, 5.41) is 20.1. The van der Waals surface area contributed by atoms with Crippen LogP contribution in [0, 0.1) is 0 Å². The van der Waals surface area contributed by atoms with Gasteiger partial charge in [-0.2, -0.15) is 0 Å². The highest BCUT2D eigenvalue weighted by Gasteiger charge is 2.35. The minimum absolute atomic E-state index is 0.0240. The van der Waals surface area contributed by atoms with Crippen molar-refractivity contribution in [2.24, 2.45) is 0 Å². The molecule has 1 aliphatic rings. The maximum Gasteiger partial charge on any atom is 0.310 e. The van der Waals surface area contributed by atoms with Gasteiger partial charge in [-0.1, -0.05) is 22.8 Å². The lowest BCUT2D eigenvalue weighted by molar-refractivity contribution is -0.146.